The minimum Gasteiger partial charge on any atom is -0.462 e. The van der Waals surface area contributed by atoms with Crippen molar-refractivity contribution in [2.24, 2.45) is 7.05 Å². The monoisotopic (exact) mass is 428 g/mol. The molecule has 0 aliphatic carbocycles. The van der Waals surface area contributed by atoms with Crippen molar-refractivity contribution in [1.82, 2.24) is 19.7 Å². The van der Waals surface area contributed by atoms with Gasteiger partial charge in [-0.05, 0) is 46.2 Å². The van der Waals surface area contributed by atoms with E-state index in [0.29, 0.717) is 12.2 Å². The normalized spacial score (nSPS) is 16.0. The standard InChI is InChI=1S/C22H32N6O3/c1-6-31-22(30)18-8-9-19(23-14-18)28-11-7-10-27(12-13-28)17(4)21(29)24-20-15(2)25-26(5)16(20)3/h8-9,14,17H,6-7,10-13H2,1-5H3,(H,24,29). The fourth-order valence-corrected chi connectivity index (χ4v) is 3.81. The Hall–Kier alpha value is -2.94. The van der Waals surface area contributed by atoms with E-state index < -0.39 is 0 Å². The van der Waals surface area contributed by atoms with E-state index in [9.17, 15) is 9.59 Å². The van der Waals surface area contributed by atoms with Gasteiger partial charge in [-0.25, -0.2) is 9.78 Å². The Labute approximate surface area is 183 Å². The molecule has 1 atom stereocenters. The van der Waals surface area contributed by atoms with Crippen molar-refractivity contribution >= 4 is 23.4 Å². The molecule has 9 heteroatoms. The van der Waals surface area contributed by atoms with Crippen LogP contribution in [0.4, 0.5) is 11.5 Å². The van der Waals surface area contributed by atoms with E-state index in [1.807, 2.05) is 33.9 Å². The molecule has 2 aromatic rings. The first kappa shape index (κ1) is 22.7. The van der Waals surface area contributed by atoms with E-state index in [-0.39, 0.29) is 17.9 Å². The third-order valence-corrected chi connectivity index (χ3v) is 5.80. The van der Waals surface area contributed by atoms with Crippen LogP contribution in [-0.2, 0) is 16.6 Å². The zero-order valence-electron chi connectivity index (χ0n) is 19.0. The van der Waals surface area contributed by atoms with Crippen LogP contribution in [0.25, 0.3) is 0 Å². The molecule has 1 unspecified atom stereocenters. The fourth-order valence-electron chi connectivity index (χ4n) is 3.81. The maximum atomic E-state index is 12.9. The Morgan fingerprint density at radius 3 is 2.58 bits per heavy atom. The van der Waals surface area contributed by atoms with Gasteiger partial charge in [0.2, 0.25) is 5.91 Å². The molecule has 3 rings (SSSR count). The summed E-state index contributed by atoms with van der Waals surface area (Å²) in [4.78, 5) is 33.5. The second-order valence-electron chi connectivity index (χ2n) is 7.84. The lowest BCUT2D eigenvalue weighted by atomic mass is 10.2. The average Bonchev–Trinajstić information content (AvgIpc) is 2.94. The van der Waals surface area contributed by atoms with E-state index in [4.69, 9.17) is 4.74 Å². The SMILES string of the molecule is CCOC(=O)c1ccc(N2CCCN(C(C)C(=O)Nc3c(C)nn(C)c3C)CC2)nc1. The van der Waals surface area contributed by atoms with Crippen LogP contribution >= 0.6 is 0 Å². The molecule has 9 nitrogen and oxygen atoms in total. The van der Waals surface area contributed by atoms with Crippen molar-refractivity contribution in [2.75, 3.05) is 43.0 Å². The number of carbonyl (C=O) groups excluding carboxylic acids is 2. The lowest BCUT2D eigenvalue weighted by Crippen LogP contribution is -2.44. The summed E-state index contributed by atoms with van der Waals surface area (Å²) in [6, 6.07) is 3.35. The van der Waals surface area contributed by atoms with Gasteiger partial charge in [0.25, 0.3) is 0 Å². The van der Waals surface area contributed by atoms with Gasteiger partial charge in [-0.1, -0.05) is 0 Å². The number of rotatable bonds is 6. The van der Waals surface area contributed by atoms with Crippen LogP contribution in [0, 0.1) is 13.8 Å². The predicted molar refractivity (Wildman–Crippen MR) is 119 cm³/mol. The second kappa shape index (κ2) is 9.91. The number of amides is 1. The second-order valence-corrected chi connectivity index (χ2v) is 7.84. The van der Waals surface area contributed by atoms with E-state index in [1.54, 1.807) is 23.9 Å². The number of nitrogens with zero attached hydrogens (tertiary/aromatic N) is 5. The fraction of sp³-hybridized carbons (Fsp3) is 0.545. The topological polar surface area (TPSA) is 92.6 Å². The summed E-state index contributed by atoms with van der Waals surface area (Å²) in [6.45, 7) is 11.1. The van der Waals surface area contributed by atoms with Gasteiger partial charge in [-0.3, -0.25) is 14.4 Å². The molecular weight excluding hydrogens is 396 g/mol. The van der Waals surface area contributed by atoms with Crippen LogP contribution in [0.2, 0.25) is 0 Å². The summed E-state index contributed by atoms with van der Waals surface area (Å²) in [5, 5.41) is 7.42. The molecule has 0 radical (unpaired) electrons. The molecular formula is C22H32N6O3. The van der Waals surface area contributed by atoms with Crippen molar-refractivity contribution in [1.29, 1.82) is 0 Å². The predicted octanol–water partition coefficient (Wildman–Crippen LogP) is 2.15. The number of hydrogen-bond donors (Lipinski definition) is 1. The van der Waals surface area contributed by atoms with Crippen LogP contribution in [0.1, 0.15) is 42.0 Å². The number of aryl methyl sites for hydroxylation is 2. The summed E-state index contributed by atoms with van der Waals surface area (Å²) in [5.41, 5.74) is 3.01. The third kappa shape index (κ3) is 5.22. The molecule has 1 aliphatic rings. The van der Waals surface area contributed by atoms with Gasteiger partial charge in [-0.2, -0.15) is 5.10 Å². The molecule has 2 aromatic heterocycles. The van der Waals surface area contributed by atoms with Gasteiger partial charge in [0, 0.05) is 39.4 Å². The average molecular weight is 429 g/mol. The van der Waals surface area contributed by atoms with Gasteiger partial charge < -0.3 is 15.0 Å². The highest BCUT2D eigenvalue weighted by Crippen LogP contribution is 2.20. The maximum Gasteiger partial charge on any atom is 0.339 e. The van der Waals surface area contributed by atoms with Crippen molar-refractivity contribution < 1.29 is 14.3 Å². The summed E-state index contributed by atoms with van der Waals surface area (Å²) in [6.07, 6.45) is 2.48. The number of ether oxygens (including phenoxy) is 1. The molecule has 1 saturated heterocycles. The summed E-state index contributed by atoms with van der Waals surface area (Å²) >= 11 is 0. The van der Waals surface area contributed by atoms with Crippen LogP contribution < -0.4 is 10.2 Å². The molecule has 0 spiro atoms. The molecule has 1 aliphatic heterocycles. The first-order chi connectivity index (χ1) is 14.8. The van der Waals surface area contributed by atoms with Gasteiger partial charge in [-0.15, -0.1) is 0 Å². The molecule has 3 heterocycles. The first-order valence-corrected chi connectivity index (χ1v) is 10.7. The van der Waals surface area contributed by atoms with Crippen molar-refractivity contribution in [3.8, 4) is 0 Å². The van der Waals surface area contributed by atoms with Crippen LogP contribution in [0.5, 0.6) is 0 Å². The number of pyridine rings is 1. The van der Waals surface area contributed by atoms with Gasteiger partial charge in [0.15, 0.2) is 0 Å². The van der Waals surface area contributed by atoms with Crippen LogP contribution in [0.3, 0.4) is 0 Å². The van der Waals surface area contributed by atoms with Gasteiger partial charge >= 0.3 is 5.97 Å². The van der Waals surface area contributed by atoms with Crippen molar-refractivity contribution in [3.05, 3.63) is 35.3 Å². The first-order valence-electron chi connectivity index (χ1n) is 10.7. The molecule has 1 fully saturated rings. The van der Waals surface area contributed by atoms with Crippen molar-refractivity contribution in [2.45, 2.75) is 40.2 Å². The Balaban J connectivity index is 1.60. The molecule has 1 N–H and O–H groups in total. The highest BCUT2D eigenvalue weighted by Gasteiger charge is 2.26. The number of nitrogens with one attached hydrogen (secondary N) is 1. The highest BCUT2D eigenvalue weighted by atomic mass is 16.5. The van der Waals surface area contributed by atoms with E-state index in [2.05, 4.69) is 25.2 Å². The highest BCUT2D eigenvalue weighted by molar-refractivity contribution is 5.95. The van der Waals surface area contributed by atoms with Gasteiger partial charge in [0.1, 0.15) is 5.82 Å². The van der Waals surface area contributed by atoms with Crippen LogP contribution in [0.15, 0.2) is 18.3 Å². The molecule has 0 saturated carbocycles. The Morgan fingerprint density at radius 2 is 1.97 bits per heavy atom. The zero-order valence-corrected chi connectivity index (χ0v) is 19.0. The number of esters is 1. The van der Waals surface area contributed by atoms with Crippen LogP contribution in [-0.4, -0.2) is 70.4 Å². The van der Waals surface area contributed by atoms with Gasteiger partial charge in [0.05, 0.1) is 35.3 Å². The summed E-state index contributed by atoms with van der Waals surface area (Å²) < 4.78 is 6.79. The number of carbonyl (C=O) groups is 2. The quantitative estimate of drug-likeness (QED) is 0.705. The van der Waals surface area contributed by atoms with Crippen molar-refractivity contribution in [3.63, 3.8) is 0 Å². The largest absolute Gasteiger partial charge is 0.462 e. The lowest BCUT2D eigenvalue weighted by Gasteiger charge is -2.27. The molecule has 31 heavy (non-hydrogen) atoms. The van der Waals surface area contributed by atoms with E-state index in [0.717, 1.165) is 55.5 Å². The molecule has 0 bridgehead atoms. The summed E-state index contributed by atoms with van der Waals surface area (Å²) in [5.74, 6) is 0.445. The molecule has 168 valence electrons. The Bertz CT molecular complexity index is 924. The lowest BCUT2D eigenvalue weighted by molar-refractivity contribution is -0.120. The van der Waals surface area contributed by atoms with E-state index >= 15 is 0 Å². The number of anilines is 2. The summed E-state index contributed by atoms with van der Waals surface area (Å²) in [7, 11) is 1.87. The molecule has 0 aromatic carbocycles. The third-order valence-electron chi connectivity index (χ3n) is 5.80. The number of hydrogen-bond acceptors (Lipinski definition) is 7. The maximum absolute atomic E-state index is 12.9. The minimum atomic E-state index is -0.359. The number of aromatic nitrogens is 3. The molecule has 1 amide bonds. The Morgan fingerprint density at radius 1 is 1.19 bits per heavy atom. The zero-order chi connectivity index (χ0) is 22.5. The smallest absolute Gasteiger partial charge is 0.339 e. The van der Waals surface area contributed by atoms with E-state index in [1.165, 1.54) is 0 Å². The minimum absolute atomic E-state index is 0.0236. The Kier molecular flexibility index (Phi) is 7.27.